The van der Waals surface area contributed by atoms with Crippen LogP contribution >= 0.6 is 25.0 Å². The van der Waals surface area contributed by atoms with Crippen LogP contribution in [0.1, 0.15) is 89.0 Å². The number of carbonyl (C=O) groups is 4. The number of nitrogens with one attached hydrogen (secondary N) is 3. The van der Waals surface area contributed by atoms with Gasteiger partial charge in [-0.05, 0) is 126 Å². The summed E-state index contributed by atoms with van der Waals surface area (Å²) in [4.78, 5) is 60.0. The van der Waals surface area contributed by atoms with Gasteiger partial charge in [0.15, 0.2) is 11.2 Å². The van der Waals surface area contributed by atoms with Gasteiger partial charge in [-0.2, -0.15) is 18.4 Å². The summed E-state index contributed by atoms with van der Waals surface area (Å²) in [6.07, 6.45) is 2.01. The van der Waals surface area contributed by atoms with E-state index >= 15 is 0 Å². The number of rotatable bonds is 12. The number of imide groups is 1. The van der Waals surface area contributed by atoms with Crippen molar-refractivity contribution in [2.75, 3.05) is 40.1 Å². The van der Waals surface area contributed by atoms with Crippen LogP contribution in [0.4, 0.5) is 35.9 Å². The van der Waals surface area contributed by atoms with Gasteiger partial charge in [0.05, 0.1) is 30.6 Å². The van der Waals surface area contributed by atoms with E-state index in [0.717, 1.165) is 55.8 Å². The lowest BCUT2D eigenvalue weighted by molar-refractivity contribution is -0.138. The highest BCUT2D eigenvalue weighted by atomic mass is 35.5. The number of aryl methyl sites for hydroxylation is 1. The number of piperidine rings is 2. The molecule has 3 aliphatic heterocycles. The number of hydrogen-bond acceptors (Lipinski definition) is 11. The number of anilines is 4. The zero-order chi connectivity index (χ0) is 43.0. The van der Waals surface area contributed by atoms with Gasteiger partial charge in [0.2, 0.25) is 17.7 Å². The van der Waals surface area contributed by atoms with E-state index in [9.17, 15) is 37.6 Å². The average Bonchev–Trinajstić information content (AvgIpc) is 3.42. The Morgan fingerprint density at radius 2 is 1.84 bits per heavy atom. The van der Waals surface area contributed by atoms with E-state index in [0.29, 0.717) is 55.3 Å². The van der Waals surface area contributed by atoms with E-state index in [1.54, 1.807) is 18.2 Å². The van der Waals surface area contributed by atoms with Crippen LogP contribution in [0, 0.1) is 17.2 Å². The Labute approximate surface area is 364 Å². The summed E-state index contributed by atoms with van der Waals surface area (Å²) in [5, 5.41) is 17.7. The molecule has 4 heterocycles. The fraction of sp³-hybridized carbons (Fsp3) is 0.488. The van der Waals surface area contributed by atoms with Crippen molar-refractivity contribution in [2.24, 2.45) is 5.92 Å². The second-order valence-corrected chi connectivity index (χ2v) is 17.1. The van der Waals surface area contributed by atoms with E-state index in [-0.39, 0.29) is 60.2 Å². The van der Waals surface area contributed by atoms with Crippen molar-refractivity contribution in [3.63, 3.8) is 0 Å². The van der Waals surface area contributed by atoms with Gasteiger partial charge in [-0.25, -0.2) is 4.98 Å². The maximum Gasteiger partial charge on any atom is 0.419 e. The number of pyridine rings is 1. The van der Waals surface area contributed by atoms with Crippen LogP contribution in [-0.2, 0) is 31.8 Å². The summed E-state index contributed by atoms with van der Waals surface area (Å²) >= 11 is 4.79. The van der Waals surface area contributed by atoms with Crippen LogP contribution in [0.5, 0.6) is 5.75 Å². The highest BCUT2D eigenvalue weighted by Crippen LogP contribution is 2.51. The van der Waals surface area contributed by atoms with Crippen LogP contribution in [0.3, 0.4) is 0 Å². The summed E-state index contributed by atoms with van der Waals surface area (Å²) in [6.45, 7) is 7.75. The van der Waals surface area contributed by atoms with Gasteiger partial charge in [0.1, 0.15) is 23.4 Å². The molecule has 0 bridgehead atoms. The number of hydrogen-bond donors (Lipinski definition) is 4. The first-order valence-electron chi connectivity index (χ1n) is 20.3. The smallest absolute Gasteiger partial charge is 0.419 e. The molecule has 4 amide bonds. The Bertz CT molecular complexity index is 2220. The second kappa shape index (κ2) is 18.1. The van der Waals surface area contributed by atoms with Crippen molar-refractivity contribution >= 4 is 71.4 Å². The molecule has 1 saturated carbocycles. The van der Waals surface area contributed by atoms with Gasteiger partial charge in [0, 0.05) is 29.0 Å². The quantitative estimate of drug-likeness (QED) is 0.110. The molecule has 0 radical (unpaired) electrons. The zero-order valence-electron chi connectivity index (χ0n) is 34.2. The predicted molar refractivity (Wildman–Crippen MR) is 230 cm³/mol. The maximum absolute atomic E-state index is 14.0. The lowest BCUT2D eigenvalue weighted by Crippen LogP contribution is -2.55. The summed E-state index contributed by atoms with van der Waals surface area (Å²) < 4.78 is 47.9. The van der Waals surface area contributed by atoms with Crippen molar-refractivity contribution in [3.8, 4) is 11.8 Å². The van der Waals surface area contributed by atoms with Gasteiger partial charge >= 0.3 is 6.18 Å². The molecule has 18 heteroatoms. The minimum absolute atomic E-state index is 0. The van der Waals surface area contributed by atoms with Crippen LogP contribution in [0.15, 0.2) is 54.7 Å². The largest absolute Gasteiger partial charge is 0.493 e. The number of thiol groups is 1. The molecule has 13 nitrogen and oxygen atoms in total. The summed E-state index contributed by atoms with van der Waals surface area (Å²) in [5.41, 5.74) is -1.24. The second-order valence-electron chi connectivity index (χ2n) is 16.6. The van der Waals surface area contributed by atoms with E-state index in [1.807, 2.05) is 36.1 Å². The van der Waals surface area contributed by atoms with Crippen molar-refractivity contribution in [1.29, 1.82) is 5.26 Å². The Morgan fingerprint density at radius 1 is 1.08 bits per heavy atom. The van der Waals surface area contributed by atoms with E-state index in [4.69, 9.17) is 17.4 Å². The van der Waals surface area contributed by atoms with Crippen molar-refractivity contribution < 1.29 is 37.1 Å². The monoisotopic (exact) mass is 882 g/mol. The molecule has 1 unspecified atom stereocenters. The summed E-state index contributed by atoms with van der Waals surface area (Å²) in [5.74, 6) is -0.0450. The number of aromatic nitrogens is 1. The third-order valence-electron chi connectivity index (χ3n) is 12.3. The molecule has 7 rings (SSSR count). The highest BCUT2D eigenvalue weighted by Gasteiger charge is 2.60. The number of benzene rings is 2. The topological polar surface area (TPSA) is 160 Å². The van der Waals surface area contributed by atoms with Gasteiger partial charge in [0.25, 0.3) is 5.91 Å². The maximum atomic E-state index is 14.0. The van der Waals surface area contributed by atoms with Crippen molar-refractivity contribution in [3.05, 3.63) is 71.5 Å². The van der Waals surface area contributed by atoms with Crippen molar-refractivity contribution in [2.45, 2.75) is 107 Å². The van der Waals surface area contributed by atoms with E-state index < -0.39 is 34.5 Å². The molecule has 326 valence electrons. The third kappa shape index (κ3) is 9.41. The number of halogens is 4. The first kappa shape index (κ1) is 45.5. The lowest BCUT2D eigenvalue weighted by Gasteiger charge is -2.45. The molecular weight excluding hydrogens is 833 g/mol. The predicted octanol–water partition coefficient (Wildman–Crippen LogP) is 7.06. The van der Waals surface area contributed by atoms with Crippen molar-refractivity contribution in [1.82, 2.24) is 15.2 Å². The standard InChI is InChI=1S/C43H49F3N8O5S.ClH/c1-4-27-19-30(54-40(60)53(39(58)42(54)15-6-16-42)31-21-32(43(44,45)46)34(23-47)48-24-31)9-11-35(27)59-18-14-26-13-17-52(41(2,3)22-26)25-37(56)50-29-8-5-7-28(20-29)49-33-10-12-36(55)51-38(33)57;/h5,7-9,11,19-21,24,26,33,40,49,60H,4,6,10,12-18,22,25H2,1-3H3,(H,50,56)(H,51,55,57);1H/t26-,33?,40-;/m1./s1. The highest BCUT2D eigenvalue weighted by molar-refractivity contribution is 7.81. The fourth-order valence-corrected chi connectivity index (χ4v) is 9.53. The molecule has 1 aliphatic carbocycles. The number of ether oxygens (including phenoxy) is 1. The van der Waals surface area contributed by atoms with Gasteiger partial charge < -0.3 is 20.3 Å². The molecule has 3 aromatic rings. The van der Waals surface area contributed by atoms with Crippen LogP contribution in [0.2, 0.25) is 0 Å². The number of amides is 4. The van der Waals surface area contributed by atoms with Gasteiger partial charge in [-0.1, -0.05) is 13.0 Å². The lowest BCUT2D eigenvalue weighted by atomic mass is 9.75. The molecule has 61 heavy (non-hydrogen) atoms. The van der Waals surface area contributed by atoms with Crippen LogP contribution in [-0.4, -0.2) is 75.8 Å². The molecule has 3 N–H and O–H groups in total. The van der Waals surface area contributed by atoms with Gasteiger partial charge in [-0.3, -0.25) is 34.3 Å². The van der Waals surface area contributed by atoms with E-state index in [1.165, 1.54) is 11.0 Å². The molecule has 2 aromatic carbocycles. The van der Waals surface area contributed by atoms with Crippen LogP contribution < -0.4 is 30.5 Å². The molecule has 3 saturated heterocycles. The summed E-state index contributed by atoms with van der Waals surface area (Å²) in [6, 6.07) is 14.6. The van der Waals surface area contributed by atoms with Crippen LogP contribution in [0.25, 0.3) is 0 Å². The Kier molecular flexibility index (Phi) is 13.5. The number of carbonyl (C=O) groups excluding carboxylic acids is 4. The molecule has 1 aromatic heterocycles. The number of nitriles is 1. The first-order chi connectivity index (χ1) is 28.5. The zero-order valence-corrected chi connectivity index (χ0v) is 35.9. The molecular formula is C43H50ClF3N8O5S. The summed E-state index contributed by atoms with van der Waals surface area (Å²) in [7, 11) is 0. The molecule has 3 atom stereocenters. The molecule has 4 fully saturated rings. The Morgan fingerprint density at radius 3 is 2.49 bits per heavy atom. The fourth-order valence-electron chi connectivity index (χ4n) is 8.94. The minimum Gasteiger partial charge on any atom is -0.493 e. The van der Waals surface area contributed by atoms with E-state index in [2.05, 4.69) is 39.7 Å². The number of nitrogens with zero attached hydrogens (tertiary/aromatic N) is 5. The normalized spacial score (nSPS) is 22.2. The molecule has 4 aliphatic rings. The first-order valence-corrected chi connectivity index (χ1v) is 20.8. The SMILES string of the molecule is CCc1cc(N2[C@H](S)N(c3cnc(C#N)c(C(F)(F)F)c3)C(=O)C23CCC3)ccc1OCC[C@H]1CCN(CC(=O)Nc2cccc(NC3CCC(=O)NC3=O)c2)C(C)(C)C1.Cl. The third-order valence-corrected chi connectivity index (χ3v) is 12.7. The number of likely N-dealkylation sites (tertiary alicyclic amines) is 1. The number of alkyl halides is 3. The van der Waals surface area contributed by atoms with Gasteiger partial charge in [-0.15, -0.1) is 25.0 Å². The molecule has 1 spiro atoms. The Balaban J connectivity index is 0.00000622. The average molecular weight is 883 g/mol. The minimum atomic E-state index is -4.83. The Hall–Kier alpha value is -5.05.